The van der Waals surface area contributed by atoms with E-state index in [1.807, 2.05) is 4.98 Å². The summed E-state index contributed by atoms with van der Waals surface area (Å²) in [5.74, 6) is -2.33. The molecule has 1 saturated heterocycles. The van der Waals surface area contributed by atoms with Crippen LogP contribution in [0.4, 0.5) is 0 Å². The molecule has 21 heteroatoms. The van der Waals surface area contributed by atoms with Crippen molar-refractivity contribution in [1.29, 1.82) is 0 Å². The molecular weight excluding hydrogens is 525 g/mol. The second kappa shape index (κ2) is 9.90. The Bertz CT molecular complexity index is 1080. The summed E-state index contributed by atoms with van der Waals surface area (Å²) in [6.07, 6.45) is -4.49. The van der Waals surface area contributed by atoms with Gasteiger partial charge in [-0.15, -0.1) is 0 Å². The number of H-pyrrole nitrogens is 1. The molecule has 2 rings (SSSR count). The summed E-state index contributed by atoms with van der Waals surface area (Å²) in [7, 11) is -11.2. The van der Waals surface area contributed by atoms with Crippen LogP contribution in [0, 0.1) is 0 Å². The fourth-order valence-corrected chi connectivity index (χ4v) is 6.65. The fourth-order valence-electron chi connectivity index (χ4n) is 2.61. The van der Waals surface area contributed by atoms with E-state index >= 15 is 0 Å². The van der Waals surface area contributed by atoms with E-state index in [1.54, 1.807) is 0 Å². The number of hydrogen-bond donors (Lipinski definition) is 7. The summed E-state index contributed by atoms with van der Waals surface area (Å²) in [5.41, 5.74) is -1.77. The van der Waals surface area contributed by atoms with Crippen LogP contribution < -0.4 is 11.2 Å². The van der Waals surface area contributed by atoms with E-state index in [4.69, 9.17) is 23.8 Å². The quantitative estimate of drug-likeness (QED) is 0.135. The summed E-state index contributed by atoms with van der Waals surface area (Å²) in [4.78, 5) is 51.5. The number of hydrogen-bond acceptors (Lipinski definition) is 12. The van der Waals surface area contributed by atoms with E-state index < -0.39 is 64.5 Å². The molecule has 0 amide bonds. The lowest BCUT2D eigenvalue weighted by Gasteiger charge is -2.31. The Morgan fingerprint density at radius 3 is 2.38 bits per heavy atom. The van der Waals surface area contributed by atoms with Crippen molar-refractivity contribution in [3.63, 3.8) is 0 Å². The molecule has 2 unspecified atom stereocenters. The van der Waals surface area contributed by atoms with Crippen molar-refractivity contribution in [2.24, 2.45) is 0 Å². The predicted octanol–water partition coefficient (Wildman–Crippen LogP) is -1.20. The summed E-state index contributed by atoms with van der Waals surface area (Å²) in [6.45, 7) is -4.79. The van der Waals surface area contributed by atoms with Crippen LogP contribution in [0.5, 0.6) is 0 Å². The number of aliphatic hydroxyl groups is 2. The second-order valence-corrected chi connectivity index (χ2v) is 12.0. The molecule has 0 radical (unpaired) electrons. The van der Waals surface area contributed by atoms with Crippen LogP contribution in [0.25, 0.3) is 0 Å². The van der Waals surface area contributed by atoms with Gasteiger partial charge in [-0.2, -0.15) is 8.62 Å². The van der Waals surface area contributed by atoms with Gasteiger partial charge in [0.2, 0.25) is 5.79 Å². The van der Waals surface area contributed by atoms with Gasteiger partial charge in [0.15, 0.2) is 6.23 Å². The molecular formula is C11H19N2O15P3S. The van der Waals surface area contributed by atoms with E-state index in [2.05, 4.69) is 20.9 Å². The molecule has 0 spiro atoms. The van der Waals surface area contributed by atoms with E-state index in [1.165, 1.54) is 6.92 Å². The molecule has 0 aliphatic carbocycles. The Morgan fingerprint density at radius 1 is 1.22 bits per heavy atom. The topological polar surface area (TPSA) is 253 Å². The lowest BCUT2D eigenvalue weighted by atomic mass is 10.1. The first-order valence-electron chi connectivity index (χ1n) is 8.28. The minimum Gasteiger partial charge on any atom is -0.385 e. The molecule has 1 aliphatic heterocycles. The molecule has 1 aromatic rings. The van der Waals surface area contributed by atoms with E-state index in [-0.39, 0.29) is 6.61 Å². The van der Waals surface area contributed by atoms with Gasteiger partial charge in [-0.25, -0.2) is 18.5 Å². The van der Waals surface area contributed by atoms with E-state index in [0.29, 0.717) is 4.57 Å². The van der Waals surface area contributed by atoms with Crippen LogP contribution in [0.2, 0.25) is 0 Å². The number of nitrogens with one attached hydrogen (secondary N) is 1. The zero-order chi connectivity index (χ0) is 24.5. The lowest BCUT2D eigenvalue weighted by Crippen LogP contribution is -2.49. The van der Waals surface area contributed by atoms with Crippen molar-refractivity contribution in [3.8, 4) is 0 Å². The largest absolute Gasteiger partial charge is 0.488 e. The fraction of sp³-hybridized carbons (Fsp3) is 0.636. The van der Waals surface area contributed by atoms with Crippen LogP contribution in [0.15, 0.2) is 21.9 Å². The molecule has 184 valence electrons. The Morgan fingerprint density at radius 2 is 1.84 bits per heavy atom. The second-order valence-electron chi connectivity index (χ2n) is 6.07. The lowest BCUT2D eigenvalue weighted by molar-refractivity contribution is -0.276. The molecule has 0 aromatic carbocycles. The Balaban J connectivity index is 2.25. The van der Waals surface area contributed by atoms with Gasteiger partial charge in [-0.3, -0.25) is 18.9 Å². The van der Waals surface area contributed by atoms with Gasteiger partial charge >= 0.3 is 28.1 Å². The molecule has 0 bridgehead atoms. The van der Waals surface area contributed by atoms with Crippen molar-refractivity contribution in [3.05, 3.63) is 33.1 Å². The molecule has 32 heavy (non-hydrogen) atoms. The molecule has 17 nitrogen and oxygen atoms in total. The van der Waals surface area contributed by atoms with Crippen LogP contribution >= 0.6 is 34.7 Å². The average Bonchev–Trinajstić information content (AvgIpc) is 2.83. The number of aromatic amines is 1. The van der Waals surface area contributed by atoms with Crippen molar-refractivity contribution in [2.75, 3.05) is 13.2 Å². The van der Waals surface area contributed by atoms with Crippen molar-refractivity contribution < 1.29 is 61.2 Å². The third-order valence-electron chi connectivity index (χ3n) is 3.75. The number of rotatable bonds is 10. The highest BCUT2D eigenvalue weighted by molar-refractivity contribution is 8.45. The van der Waals surface area contributed by atoms with Gasteiger partial charge in [0.25, 0.3) is 5.56 Å². The summed E-state index contributed by atoms with van der Waals surface area (Å²) >= 11 is 3.38. The third-order valence-corrected chi connectivity index (χ3v) is 8.53. The first-order valence-corrected chi connectivity index (χ1v) is 14.0. The highest BCUT2D eigenvalue weighted by atomic mass is 32.7. The predicted molar refractivity (Wildman–Crippen MR) is 104 cm³/mol. The monoisotopic (exact) mass is 544 g/mol. The van der Waals surface area contributed by atoms with Crippen LogP contribution in [-0.4, -0.2) is 65.7 Å². The van der Waals surface area contributed by atoms with Gasteiger partial charge in [-0.1, -0.05) is 12.2 Å². The van der Waals surface area contributed by atoms with E-state index in [0.717, 1.165) is 12.3 Å². The number of thiol groups is 1. The van der Waals surface area contributed by atoms with Gasteiger partial charge in [-0.05, 0) is 6.92 Å². The summed E-state index contributed by atoms with van der Waals surface area (Å²) in [6, 6.07) is 0.927. The standard InChI is InChI=1S/C11H19N2O15P3S/c1-2-24-11(5-25-31(23,32)28-30(21,22)27-29(18,19)20)8(16)7(15)9(26-11)13-4-3-6(14)12-10(13)17/h3-4,7-9,15-16H,2,5H2,1H3,(H,21,22)(H,23,32)(H,12,14,17)(H2,18,19,20)/t7-,8+,9-,11-,31?/m1/s1. The number of phosphoric acid groups is 2. The minimum atomic E-state index is -5.63. The highest BCUT2D eigenvalue weighted by Crippen LogP contribution is 2.70. The highest BCUT2D eigenvalue weighted by Gasteiger charge is 2.57. The maximum Gasteiger partial charge on any atom is 0.488 e. The molecule has 1 aliphatic rings. The van der Waals surface area contributed by atoms with Gasteiger partial charge < -0.3 is 34.4 Å². The maximum absolute atomic E-state index is 12.3. The van der Waals surface area contributed by atoms with E-state index in [9.17, 15) is 38.4 Å². The van der Waals surface area contributed by atoms with Crippen LogP contribution in [-0.2, 0) is 36.3 Å². The zero-order valence-corrected chi connectivity index (χ0v) is 19.4. The summed E-state index contributed by atoms with van der Waals surface area (Å²) < 4.78 is 58.1. The minimum absolute atomic E-state index is 0.197. The molecule has 6 atom stereocenters. The molecule has 0 saturated carbocycles. The zero-order valence-electron chi connectivity index (χ0n) is 15.9. The SMILES string of the molecule is CCO[C@]1(COP(=O)(S)OP(=O)(O)OP(=O)(O)O)O[C@@H](n2ccc(=O)[nH]c2=O)[C@H](O)[C@@H]1O. The van der Waals surface area contributed by atoms with Gasteiger partial charge in [0, 0.05) is 18.9 Å². The molecule has 6 N–H and O–H groups in total. The maximum atomic E-state index is 12.3. The number of aromatic nitrogens is 2. The average molecular weight is 544 g/mol. The Hall–Kier alpha value is -0.680. The molecule has 1 fully saturated rings. The first kappa shape index (κ1) is 27.6. The molecule has 1 aromatic heterocycles. The summed E-state index contributed by atoms with van der Waals surface area (Å²) in [5, 5.41) is 20.8. The third kappa shape index (κ3) is 6.91. The smallest absolute Gasteiger partial charge is 0.385 e. The van der Waals surface area contributed by atoms with Crippen molar-refractivity contribution >= 4 is 34.7 Å². The van der Waals surface area contributed by atoms with Crippen LogP contribution in [0.3, 0.4) is 0 Å². The molecule has 2 heterocycles. The Kier molecular flexibility index (Phi) is 8.52. The number of ether oxygens (including phenoxy) is 2. The number of nitrogens with zero attached hydrogens (tertiary/aromatic N) is 1. The van der Waals surface area contributed by atoms with Gasteiger partial charge in [0.05, 0.1) is 0 Å². The first-order chi connectivity index (χ1) is 14.5. The number of aliphatic hydroxyl groups excluding tert-OH is 2. The Labute approximate surface area is 183 Å². The van der Waals surface area contributed by atoms with Crippen LogP contribution in [0.1, 0.15) is 13.2 Å². The van der Waals surface area contributed by atoms with Gasteiger partial charge in [0.1, 0.15) is 18.8 Å². The normalized spacial score (nSPS) is 30.0. The van der Waals surface area contributed by atoms with Crippen molar-refractivity contribution in [2.45, 2.75) is 31.1 Å². The van der Waals surface area contributed by atoms with Crippen molar-refractivity contribution in [1.82, 2.24) is 9.55 Å².